The summed E-state index contributed by atoms with van der Waals surface area (Å²) in [5, 5.41) is 0.665. The second-order valence-electron chi connectivity index (χ2n) is 5.39. The lowest BCUT2D eigenvalue weighted by Gasteiger charge is -2.10. The SMILES string of the molecule is CCOc1ccc(N=Cc2ccc(Cl)cc2)c(C2=C(N)C(=O)OC2)c1. The van der Waals surface area contributed by atoms with E-state index >= 15 is 0 Å². The van der Waals surface area contributed by atoms with Crippen LogP contribution in [-0.2, 0) is 9.53 Å². The summed E-state index contributed by atoms with van der Waals surface area (Å²) in [6.07, 6.45) is 1.73. The summed E-state index contributed by atoms with van der Waals surface area (Å²) in [5.74, 6) is 0.173. The number of nitrogens with two attached hydrogens (primary N) is 1. The van der Waals surface area contributed by atoms with Crippen molar-refractivity contribution in [1.29, 1.82) is 0 Å². The number of benzene rings is 2. The monoisotopic (exact) mass is 356 g/mol. The molecular weight excluding hydrogens is 340 g/mol. The molecule has 0 saturated heterocycles. The van der Waals surface area contributed by atoms with Crippen molar-refractivity contribution < 1.29 is 14.3 Å². The Morgan fingerprint density at radius 3 is 2.68 bits per heavy atom. The van der Waals surface area contributed by atoms with Crippen LogP contribution in [0.1, 0.15) is 18.1 Å². The van der Waals surface area contributed by atoms with Crippen LogP contribution < -0.4 is 10.5 Å². The van der Waals surface area contributed by atoms with Crippen molar-refractivity contribution in [3.63, 3.8) is 0 Å². The number of halogens is 1. The molecule has 0 spiro atoms. The largest absolute Gasteiger partial charge is 0.494 e. The molecule has 0 unspecified atom stereocenters. The summed E-state index contributed by atoms with van der Waals surface area (Å²) in [5.41, 5.74) is 8.90. The number of aliphatic imine (C=N–C) groups is 1. The fourth-order valence-corrected chi connectivity index (χ4v) is 2.58. The number of esters is 1. The van der Waals surface area contributed by atoms with E-state index in [1.54, 1.807) is 18.3 Å². The van der Waals surface area contributed by atoms with Crippen LogP contribution >= 0.6 is 11.6 Å². The molecule has 3 rings (SSSR count). The lowest BCUT2D eigenvalue weighted by Crippen LogP contribution is -2.07. The van der Waals surface area contributed by atoms with Gasteiger partial charge in [-0.25, -0.2) is 4.79 Å². The van der Waals surface area contributed by atoms with E-state index in [4.69, 9.17) is 26.8 Å². The van der Waals surface area contributed by atoms with Crippen molar-refractivity contribution in [1.82, 2.24) is 0 Å². The molecular formula is C19H17ClN2O3. The highest BCUT2D eigenvalue weighted by Crippen LogP contribution is 2.34. The summed E-state index contributed by atoms with van der Waals surface area (Å²) < 4.78 is 10.6. The smallest absolute Gasteiger partial charge is 0.354 e. The van der Waals surface area contributed by atoms with Gasteiger partial charge in [0, 0.05) is 22.4 Å². The molecule has 5 nitrogen and oxygen atoms in total. The molecule has 1 heterocycles. The zero-order valence-electron chi connectivity index (χ0n) is 13.7. The number of ether oxygens (including phenoxy) is 2. The van der Waals surface area contributed by atoms with Gasteiger partial charge in [0.1, 0.15) is 18.1 Å². The van der Waals surface area contributed by atoms with Gasteiger partial charge in [-0.2, -0.15) is 0 Å². The third kappa shape index (κ3) is 3.83. The predicted octanol–water partition coefficient (Wildman–Crippen LogP) is 3.72. The van der Waals surface area contributed by atoms with Crippen LogP contribution in [-0.4, -0.2) is 25.4 Å². The summed E-state index contributed by atoms with van der Waals surface area (Å²) in [6.45, 7) is 2.57. The number of hydrogen-bond donors (Lipinski definition) is 1. The van der Waals surface area contributed by atoms with Crippen LogP contribution in [0.15, 0.2) is 53.2 Å². The third-order valence-electron chi connectivity index (χ3n) is 3.72. The van der Waals surface area contributed by atoms with Gasteiger partial charge in [0.2, 0.25) is 0 Å². The molecule has 2 N–H and O–H groups in total. The van der Waals surface area contributed by atoms with Crippen molar-refractivity contribution in [3.8, 4) is 5.75 Å². The first kappa shape index (κ1) is 17.0. The highest BCUT2D eigenvalue weighted by Gasteiger charge is 2.25. The van der Waals surface area contributed by atoms with Crippen LogP contribution in [0.2, 0.25) is 5.02 Å². The molecule has 0 saturated carbocycles. The van der Waals surface area contributed by atoms with Crippen LogP contribution in [0.5, 0.6) is 5.75 Å². The molecule has 1 aliphatic rings. The van der Waals surface area contributed by atoms with Crippen LogP contribution in [0.4, 0.5) is 5.69 Å². The van der Waals surface area contributed by atoms with E-state index in [9.17, 15) is 4.79 Å². The molecule has 0 atom stereocenters. The summed E-state index contributed by atoms with van der Waals surface area (Å²) in [4.78, 5) is 16.1. The van der Waals surface area contributed by atoms with Gasteiger partial charge in [-0.05, 0) is 42.8 Å². The first-order valence-corrected chi connectivity index (χ1v) is 8.19. The number of carbonyl (C=O) groups is 1. The van der Waals surface area contributed by atoms with Gasteiger partial charge in [-0.3, -0.25) is 4.99 Å². The Kier molecular flexibility index (Phi) is 5.05. The van der Waals surface area contributed by atoms with E-state index in [1.165, 1.54) is 0 Å². The summed E-state index contributed by atoms with van der Waals surface area (Å²) in [6, 6.07) is 12.8. The molecule has 0 aliphatic carbocycles. The first-order chi connectivity index (χ1) is 12.1. The van der Waals surface area contributed by atoms with Gasteiger partial charge in [0.15, 0.2) is 0 Å². The van der Waals surface area contributed by atoms with Gasteiger partial charge in [-0.15, -0.1) is 0 Å². The van der Waals surface area contributed by atoms with E-state index in [1.807, 2.05) is 37.3 Å². The Morgan fingerprint density at radius 2 is 2.04 bits per heavy atom. The van der Waals surface area contributed by atoms with E-state index in [2.05, 4.69) is 4.99 Å². The minimum absolute atomic E-state index is 0.108. The Bertz CT molecular complexity index is 857. The Labute approximate surface area is 150 Å². The minimum Gasteiger partial charge on any atom is -0.494 e. The minimum atomic E-state index is -0.510. The predicted molar refractivity (Wildman–Crippen MR) is 98.4 cm³/mol. The number of rotatable bonds is 5. The molecule has 2 aromatic carbocycles. The summed E-state index contributed by atoms with van der Waals surface area (Å²) >= 11 is 5.89. The average Bonchev–Trinajstić information content (AvgIpc) is 2.94. The molecule has 6 heteroatoms. The molecule has 0 radical (unpaired) electrons. The number of nitrogens with zero attached hydrogens (tertiary/aromatic N) is 1. The van der Waals surface area contributed by atoms with Gasteiger partial charge in [-0.1, -0.05) is 23.7 Å². The first-order valence-electron chi connectivity index (χ1n) is 7.81. The van der Waals surface area contributed by atoms with E-state index < -0.39 is 5.97 Å². The quantitative estimate of drug-likeness (QED) is 0.654. The Morgan fingerprint density at radius 1 is 1.28 bits per heavy atom. The van der Waals surface area contributed by atoms with E-state index in [-0.39, 0.29) is 12.3 Å². The van der Waals surface area contributed by atoms with E-state index in [0.717, 1.165) is 11.1 Å². The second kappa shape index (κ2) is 7.40. The zero-order valence-corrected chi connectivity index (χ0v) is 14.4. The standard InChI is InChI=1S/C19H17ClN2O3/c1-2-24-14-7-8-17(22-10-12-3-5-13(20)6-4-12)15(9-14)16-11-25-19(23)18(16)21/h3-10H,2,11,21H2,1H3. The average molecular weight is 357 g/mol. The highest BCUT2D eigenvalue weighted by molar-refractivity contribution is 6.30. The molecule has 1 aliphatic heterocycles. The fraction of sp³-hybridized carbons (Fsp3) is 0.158. The van der Waals surface area contributed by atoms with Crippen LogP contribution in [0.3, 0.4) is 0 Å². The fourth-order valence-electron chi connectivity index (χ4n) is 2.46. The highest BCUT2D eigenvalue weighted by atomic mass is 35.5. The molecule has 0 aromatic heterocycles. The molecule has 0 bridgehead atoms. The Hall–Kier alpha value is -2.79. The van der Waals surface area contributed by atoms with Gasteiger partial charge in [0.05, 0.1) is 12.3 Å². The second-order valence-corrected chi connectivity index (χ2v) is 5.83. The maximum Gasteiger partial charge on any atom is 0.354 e. The molecule has 128 valence electrons. The van der Waals surface area contributed by atoms with Crippen molar-refractivity contribution in [3.05, 3.63) is 64.3 Å². The van der Waals surface area contributed by atoms with Gasteiger partial charge >= 0.3 is 5.97 Å². The van der Waals surface area contributed by atoms with Crippen molar-refractivity contribution in [2.75, 3.05) is 13.2 Å². The third-order valence-corrected chi connectivity index (χ3v) is 3.97. The maximum absolute atomic E-state index is 11.6. The molecule has 2 aromatic rings. The number of hydrogen-bond acceptors (Lipinski definition) is 5. The zero-order chi connectivity index (χ0) is 17.8. The van der Waals surface area contributed by atoms with Crippen molar-refractivity contribution in [2.45, 2.75) is 6.92 Å². The van der Waals surface area contributed by atoms with Gasteiger partial charge < -0.3 is 15.2 Å². The number of carbonyl (C=O) groups excluding carboxylic acids is 1. The van der Waals surface area contributed by atoms with E-state index in [0.29, 0.717) is 28.6 Å². The maximum atomic E-state index is 11.6. The van der Waals surface area contributed by atoms with Crippen molar-refractivity contribution in [2.24, 2.45) is 10.7 Å². The molecule has 0 amide bonds. The van der Waals surface area contributed by atoms with Crippen LogP contribution in [0, 0.1) is 0 Å². The number of cyclic esters (lactones) is 1. The Balaban J connectivity index is 2.00. The summed E-state index contributed by atoms with van der Waals surface area (Å²) in [7, 11) is 0. The van der Waals surface area contributed by atoms with Crippen LogP contribution in [0.25, 0.3) is 5.57 Å². The lowest BCUT2D eigenvalue weighted by molar-refractivity contribution is -0.135. The van der Waals surface area contributed by atoms with Crippen molar-refractivity contribution >= 4 is 35.0 Å². The lowest BCUT2D eigenvalue weighted by atomic mass is 10.0. The topological polar surface area (TPSA) is 73.9 Å². The normalized spacial score (nSPS) is 14.2. The molecule has 25 heavy (non-hydrogen) atoms. The molecule has 0 fully saturated rings. The van der Waals surface area contributed by atoms with Gasteiger partial charge in [0.25, 0.3) is 0 Å².